The topological polar surface area (TPSA) is 61.4 Å². The van der Waals surface area contributed by atoms with Crippen LogP contribution >= 0.6 is 0 Å². The molecule has 1 fully saturated rings. The molecule has 2 atom stereocenters. The van der Waals surface area contributed by atoms with Gasteiger partial charge in [-0.3, -0.25) is 9.59 Å². The number of carbonyl (C=O) groups excluding carboxylic acids is 2. The summed E-state index contributed by atoms with van der Waals surface area (Å²) in [6, 6.07) is 2.51. The van der Waals surface area contributed by atoms with Gasteiger partial charge in [0.1, 0.15) is 11.6 Å². The number of rotatable bonds is 5. The lowest BCUT2D eigenvalue weighted by atomic mass is 10.0. The third-order valence-corrected chi connectivity index (χ3v) is 4.08. The summed E-state index contributed by atoms with van der Waals surface area (Å²) in [7, 11) is 1.67. The molecule has 2 rings (SSSR count). The number of carbonyl (C=O) groups is 2. The van der Waals surface area contributed by atoms with Gasteiger partial charge in [0.2, 0.25) is 11.8 Å². The molecule has 0 aromatic heterocycles. The van der Waals surface area contributed by atoms with Crippen LogP contribution in [0.2, 0.25) is 0 Å². The van der Waals surface area contributed by atoms with E-state index in [1.165, 1.54) is 13.0 Å². The SMILES string of the molecule is CC(=O)N[C@@H](CC(=O)N(C)[C@H]1CCNC1)c1c(F)cccc1F. The van der Waals surface area contributed by atoms with Gasteiger partial charge in [0.05, 0.1) is 12.5 Å². The molecule has 0 saturated carbocycles. The monoisotopic (exact) mass is 325 g/mol. The van der Waals surface area contributed by atoms with Gasteiger partial charge >= 0.3 is 0 Å². The molecule has 1 aromatic carbocycles. The van der Waals surface area contributed by atoms with Crippen LogP contribution in [0.3, 0.4) is 0 Å². The first-order valence-electron chi connectivity index (χ1n) is 7.57. The quantitative estimate of drug-likeness (QED) is 0.859. The van der Waals surface area contributed by atoms with E-state index in [9.17, 15) is 18.4 Å². The molecule has 0 aliphatic carbocycles. The van der Waals surface area contributed by atoms with Crippen LogP contribution < -0.4 is 10.6 Å². The molecule has 1 heterocycles. The maximum absolute atomic E-state index is 14.0. The second-order valence-corrected chi connectivity index (χ2v) is 5.74. The van der Waals surface area contributed by atoms with E-state index in [2.05, 4.69) is 10.6 Å². The Balaban J connectivity index is 2.18. The van der Waals surface area contributed by atoms with Crippen molar-refractivity contribution in [2.75, 3.05) is 20.1 Å². The predicted molar refractivity (Wildman–Crippen MR) is 81.6 cm³/mol. The van der Waals surface area contributed by atoms with Crippen molar-refractivity contribution in [3.63, 3.8) is 0 Å². The number of hydrogen-bond donors (Lipinski definition) is 2. The average molecular weight is 325 g/mol. The molecule has 23 heavy (non-hydrogen) atoms. The maximum atomic E-state index is 14.0. The van der Waals surface area contributed by atoms with E-state index in [4.69, 9.17) is 0 Å². The van der Waals surface area contributed by atoms with Crippen LogP contribution in [-0.4, -0.2) is 42.9 Å². The molecule has 5 nitrogen and oxygen atoms in total. The van der Waals surface area contributed by atoms with Gasteiger partial charge < -0.3 is 15.5 Å². The van der Waals surface area contributed by atoms with Crippen molar-refractivity contribution in [2.24, 2.45) is 0 Å². The fourth-order valence-corrected chi connectivity index (χ4v) is 2.81. The number of amides is 2. The summed E-state index contributed by atoms with van der Waals surface area (Å²) in [5, 5.41) is 5.63. The second kappa shape index (κ2) is 7.50. The molecule has 0 radical (unpaired) electrons. The first kappa shape index (κ1) is 17.3. The number of nitrogens with one attached hydrogen (secondary N) is 2. The van der Waals surface area contributed by atoms with Gasteiger partial charge in [-0.25, -0.2) is 8.78 Å². The zero-order valence-corrected chi connectivity index (χ0v) is 13.2. The molecule has 1 aromatic rings. The number of benzene rings is 1. The summed E-state index contributed by atoms with van der Waals surface area (Å²) in [6.45, 7) is 2.78. The average Bonchev–Trinajstić information content (AvgIpc) is 2.99. The predicted octanol–water partition coefficient (Wildman–Crippen LogP) is 1.35. The van der Waals surface area contributed by atoms with E-state index in [1.807, 2.05) is 0 Å². The smallest absolute Gasteiger partial charge is 0.225 e. The lowest BCUT2D eigenvalue weighted by Gasteiger charge is -2.27. The van der Waals surface area contributed by atoms with Gasteiger partial charge in [0, 0.05) is 32.1 Å². The Bertz CT molecular complexity index is 568. The van der Waals surface area contributed by atoms with E-state index in [0.717, 1.165) is 25.1 Å². The minimum atomic E-state index is -1.03. The Hall–Kier alpha value is -2.02. The van der Waals surface area contributed by atoms with Crippen molar-refractivity contribution in [3.8, 4) is 0 Å². The second-order valence-electron chi connectivity index (χ2n) is 5.74. The van der Waals surface area contributed by atoms with Gasteiger partial charge in [-0.1, -0.05) is 6.07 Å². The van der Waals surface area contributed by atoms with Crippen LogP contribution in [0.1, 0.15) is 31.4 Å². The summed E-state index contributed by atoms with van der Waals surface area (Å²) in [5.74, 6) is -2.26. The lowest BCUT2D eigenvalue weighted by molar-refractivity contribution is -0.132. The normalized spacial score (nSPS) is 18.5. The number of nitrogens with zero attached hydrogens (tertiary/aromatic N) is 1. The standard InChI is InChI=1S/C16H21F2N3O2/c1-10(22)20-14(16-12(17)4-3-5-13(16)18)8-15(23)21(2)11-6-7-19-9-11/h3-5,11,14,19H,6-9H2,1-2H3,(H,20,22)/t11-,14-/m0/s1. The summed E-state index contributed by atoms with van der Waals surface area (Å²) in [6.07, 6.45) is 0.644. The highest BCUT2D eigenvalue weighted by atomic mass is 19.1. The van der Waals surface area contributed by atoms with E-state index < -0.39 is 23.6 Å². The highest BCUT2D eigenvalue weighted by Crippen LogP contribution is 2.24. The van der Waals surface area contributed by atoms with Gasteiger partial charge in [0.25, 0.3) is 0 Å². The first-order valence-corrected chi connectivity index (χ1v) is 7.57. The van der Waals surface area contributed by atoms with E-state index in [1.54, 1.807) is 11.9 Å². The number of halogens is 2. The molecule has 2 N–H and O–H groups in total. The fraction of sp³-hybridized carbons (Fsp3) is 0.500. The van der Waals surface area contributed by atoms with Crippen molar-refractivity contribution in [3.05, 3.63) is 35.4 Å². The highest BCUT2D eigenvalue weighted by Gasteiger charge is 2.28. The Morgan fingerprint density at radius 3 is 2.57 bits per heavy atom. The Morgan fingerprint density at radius 2 is 2.04 bits per heavy atom. The minimum absolute atomic E-state index is 0.0611. The largest absolute Gasteiger partial charge is 0.349 e. The fourth-order valence-electron chi connectivity index (χ4n) is 2.81. The Labute approximate surface area is 134 Å². The third kappa shape index (κ3) is 4.25. The maximum Gasteiger partial charge on any atom is 0.225 e. The molecule has 2 amide bonds. The van der Waals surface area contributed by atoms with Gasteiger partial charge in [-0.15, -0.1) is 0 Å². The number of hydrogen-bond acceptors (Lipinski definition) is 3. The molecular weight excluding hydrogens is 304 g/mol. The number of likely N-dealkylation sites (N-methyl/N-ethyl adjacent to an activating group) is 1. The molecule has 1 aliphatic rings. The van der Waals surface area contributed by atoms with Crippen molar-refractivity contribution in [1.82, 2.24) is 15.5 Å². The zero-order chi connectivity index (χ0) is 17.0. The molecule has 1 saturated heterocycles. The van der Waals surface area contributed by atoms with E-state index in [-0.39, 0.29) is 23.9 Å². The van der Waals surface area contributed by atoms with Crippen LogP contribution in [-0.2, 0) is 9.59 Å². The van der Waals surface area contributed by atoms with E-state index in [0.29, 0.717) is 6.54 Å². The van der Waals surface area contributed by atoms with Crippen LogP contribution in [0.5, 0.6) is 0 Å². The molecule has 1 aliphatic heterocycles. The van der Waals surface area contributed by atoms with Crippen LogP contribution in [0.4, 0.5) is 8.78 Å². The van der Waals surface area contributed by atoms with Crippen LogP contribution in [0.25, 0.3) is 0 Å². The highest BCUT2D eigenvalue weighted by molar-refractivity contribution is 5.79. The van der Waals surface area contributed by atoms with Gasteiger partial charge in [-0.2, -0.15) is 0 Å². The minimum Gasteiger partial charge on any atom is -0.349 e. The van der Waals surface area contributed by atoms with Crippen molar-refractivity contribution >= 4 is 11.8 Å². The summed E-state index contributed by atoms with van der Waals surface area (Å²) in [4.78, 5) is 25.4. The Kier molecular flexibility index (Phi) is 5.65. The van der Waals surface area contributed by atoms with Crippen molar-refractivity contribution in [2.45, 2.75) is 31.8 Å². The molecule has 0 spiro atoms. The van der Waals surface area contributed by atoms with Crippen LogP contribution in [0.15, 0.2) is 18.2 Å². The van der Waals surface area contributed by atoms with Gasteiger partial charge in [0.15, 0.2) is 0 Å². The molecule has 0 unspecified atom stereocenters. The summed E-state index contributed by atoms with van der Waals surface area (Å²) < 4.78 is 28.0. The van der Waals surface area contributed by atoms with E-state index >= 15 is 0 Å². The van der Waals surface area contributed by atoms with Gasteiger partial charge in [-0.05, 0) is 25.1 Å². The van der Waals surface area contributed by atoms with Crippen LogP contribution in [0, 0.1) is 11.6 Å². The zero-order valence-electron chi connectivity index (χ0n) is 13.2. The molecular formula is C16H21F2N3O2. The first-order chi connectivity index (χ1) is 10.9. The van der Waals surface area contributed by atoms with Crippen molar-refractivity contribution in [1.29, 1.82) is 0 Å². The van der Waals surface area contributed by atoms with Crippen molar-refractivity contribution < 1.29 is 18.4 Å². The lowest BCUT2D eigenvalue weighted by Crippen LogP contribution is -2.41. The third-order valence-electron chi connectivity index (χ3n) is 4.08. The molecule has 0 bridgehead atoms. The summed E-state index contributed by atoms with van der Waals surface area (Å²) in [5.41, 5.74) is -0.283. The molecule has 7 heteroatoms. The molecule has 126 valence electrons. The Morgan fingerprint density at radius 1 is 1.39 bits per heavy atom. The summed E-state index contributed by atoms with van der Waals surface area (Å²) >= 11 is 0.